The van der Waals surface area contributed by atoms with Gasteiger partial charge in [-0.15, -0.1) is 18.3 Å². The van der Waals surface area contributed by atoms with Gasteiger partial charge in [-0.2, -0.15) is 0 Å². The van der Waals surface area contributed by atoms with Gasteiger partial charge >= 0.3 is 6.36 Å². The van der Waals surface area contributed by atoms with Crippen molar-refractivity contribution in [1.82, 2.24) is 24.6 Å². The van der Waals surface area contributed by atoms with E-state index in [1.54, 1.807) is 37.8 Å². The molecular formula is C23H20F3N5O3. The third kappa shape index (κ3) is 5.25. The van der Waals surface area contributed by atoms with Crippen LogP contribution >= 0.6 is 0 Å². The molecule has 8 nitrogen and oxygen atoms in total. The first kappa shape index (κ1) is 23.0. The fourth-order valence-electron chi connectivity index (χ4n) is 3.23. The van der Waals surface area contributed by atoms with E-state index < -0.39 is 6.36 Å². The number of benzene rings is 2. The largest absolute Gasteiger partial charge is 0.573 e. The topological polar surface area (TPSA) is 86.3 Å². The molecule has 0 radical (unpaired) electrons. The van der Waals surface area contributed by atoms with Crippen LogP contribution in [0.1, 0.15) is 21.7 Å². The Balaban J connectivity index is 1.51. The minimum Gasteiger partial charge on any atom is -0.434 e. The molecule has 4 aromatic rings. The zero-order valence-corrected chi connectivity index (χ0v) is 18.5. The fourth-order valence-corrected chi connectivity index (χ4v) is 3.23. The van der Waals surface area contributed by atoms with Crippen molar-refractivity contribution in [2.75, 3.05) is 14.1 Å². The Kier molecular flexibility index (Phi) is 6.10. The summed E-state index contributed by atoms with van der Waals surface area (Å²) in [4.78, 5) is 22.3. The molecule has 0 unspecified atom stereocenters. The molecule has 0 N–H and O–H groups in total. The number of amides is 1. The second-order valence-corrected chi connectivity index (χ2v) is 7.64. The highest BCUT2D eigenvalue weighted by Gasteiger charge is 2.31. The van der Waals surface area contributed by atoms with Gasteiger partial charge in [-0.1, -0.05) is 12.1 Å². The lowest BCUT2D eigenvalue weighted by Gasteiger charge is -2.11. The van der Waals surface area contributed by atoms with Crippen LogP contribution in [0.3, 0.4) is 0 Å². The number of oxazole rings is 1. The average Bonchev–Trinajstić information content (AvgIpc) is 3.40. The van der Waals surface area contributed by atoms with E-state index in [4.69, 9.17) is 4.42 Å². The van der Waals surface area contributed by atoms with Crippen LogP contribution in [0.4, 0.5) is 13.2 Å². The number of alkyl halides is 3. The lowest BCUT2D eigenvalue weighted by molar-refractivity contribution is -0.274. The zero-order chi connectivity index (χ0) is 24.5. The van der Waals surface area contributed by atoms with Gasteiger partial charge in [-0.25, -0.2) is 14.6 Å². The Bertz CT molecular complexity index is 1310. The van der Waals surface area contributed by atoms with E-state index in [-0.39, 0.29) is 23.4 Å². The van der Waals surface area contributed by atoms with Crippen LogP contribution in [0.15, 0.2) is 59.1 Å². The minimum absolute atomic E-state index is 0.0943. The highest BCUT2D eigenvalue weighted by Crippen LogP contribution is 2.28. The quantitative estimate of drug-likeness (QED) is 0.410. The second-order valence-electron chi connectivity index (χ2n) is 7.64. The molecule has 0 spiro atoms. The molecule has 2 heterocycles. The van der Waals surface area contributed by atoms with Crippen LogP contribution in [0, 0.1) is 6.92 Å². The maximum Gasteiger partial charge on any atom is 0.573 e. The molecule has 0 fully saturated rings. The lowest BCUT2D eigenvalue weighted by Crippen LogP contribution is -2.21. The minimum atomic E-state index is -4.76. The van der Waals surface area contributed by atoms with Crippen molar-refractivity contribution in [2.45, 2.75) is 19.8 Å². The molecule has 1 amide bonds. The van der Waals surface area contributed by atoms with Crippen molar-refractivity contribution in [3.8, 4) is 28.8 Å². The second kappa shape index (κ2) is 9.00. The summed E-state index contributed by atoms with van der Waals surface area (Å²) in [7, 11) is 3.39. The van der Waals surface area contributed by atoms with E-state index in [2.05, 4.69) is 19.8 Å². The first-order chi connectivity index (χ1) is 16.1. The van der Waals surface area contributed by atoms with Crippen molar-refractivity contribution in [3.63, 3.8) is 0 Å². The van der Waals surface area contributed by atoms with E-state index >= 15 is 0 Å². The Labute approximate surface area is 192 Å². The van der Waals surface area contributed by atoms with Gasteiger partial charge < -0.3 is 14.1 Å². The maximum absolute atomic E-state index is 12.3. The Hall–Kier alpha value is -4.15. The molecule has 0 bridgehead atoms. The summed E-state index contributed by atoms with van der Waals surface area (Å²) in [6, 6.07) is 12.5. The van der Waals surface area contributed by atoms with Gasteiger partial charge in [0.15, 0.2) is 5.76 Å². The molecular weight excluding hydrogens is 451 g/mol. The number of ether oxygens (including phenoxy) is 1. The van der Waals surface area contributed by atoms with Gasteiger partial charge in [-0.3, -0.25) is 4.79 Å². The average molecular weight is 471 g/mol. The summed E-state index contributed by atoms with van der Waals surface area (Å²) < 4.78 is 48.3. The molecule has 0 atom stereocenters. The molecule has 0 saturated carbocycles. The van der Waals surface area contributed by atoms with E-state index in [0.717, 1.165) is 5.56 Å². The van der Waals surface area contributed by atoms with Gasteiger partial charge in [0, 0.05) is 25.2 Å². The third-order valence-corrected chi connectivity index (χ3v) is 4.84. The van der Waals surface area contributed by atoms with Crippen LogP contribution in [0.2, 0.25) is 0 Å². The standard InChI is InChI=1S/C23H20F3N5O3/c1-14-28-20(29-31(14)13-15-5-4-6-17(11-15)22(32)30(2)3)21-27-12-19(33-21)16-7-9-18(10-8-16)34-23(24,25)26/h4-12H,13H2,1-3H3. The van der Waals surface area contributed by atoms with E-state index in [0.29, 0.717) is 29.3 Å². The van der Waals surface area contributed by atoms with Crippen molar-refractivity contribution < 1.29 is 27.1 Å². The summed E-state index contributed by atoms with van der Waals surface area (Å²) in [6.45, 7) is 2.18. The van der Waals surface area contributed by atoms with Crippen molar-refractivity contribution in [2.24, 2.45) is 0 Å². The molecule has 11 heteroatoms. The third-order valence-electron chi connectivity index (χ3n) is 4.84. The number of carbonyl (C=O) groups is 1. The smallest absolute Gasteiger partial charge is 0.434 e. The Morgan fingerprint density at radius 3 is 2.56 bits per heavy atom. The van der Waals surface area contributed by atoms with Crippen LogP contribution < -0.4 is 4.74 Å². The zero-order valence-electron chi connectivity index (χ0n) is 18.5. The highest BCUT2D eigenvalue weighted by molar-refractivity contribution is 5.94. The summed E-state index contributed by atoms with van der Waals surface area (Å²) >= 11 is 0. The Morgan fingerprint density at radius 1 is 1.15 bits per heavy atom. The van der Waals surface area contributed by atoms with E-state index in [1.165, 1.54) is 35.4 Å². The van der Waals surface area contributed by atoms with Gasteiger partial charge in [0.05, 0.1) is 12.7 Å². The molecule has 2 aromatic heterocycles. The van der Waals surface area contributed by atoms with Crippen LogP contribution in [-0.4, -0.2) is 51.0 Å². The van der Waals surface area contributed by atoms with Crippen LogP contribution in [-0.2, 0) is 6.54 Å². The molecule has 4 rings (SSSR count). The van der Waals surface area contributed by atoms with Gasteiger partial charge in [0.1, 0.15) is 11.6 Å². The number of rotatable bonds is 6. The van der Waals surface area contributed by atoms with Crippen molar-refractivity contribution in [1.29, 1.82) is 0 Å². The molecule has 2 aromatic carbocycles. The molecule has 0 saturated heterocycles. The summed E-state index contributed by atoms with van der Waals surface area (Å²) in [6.07, 6.45) is -3.31. The summed E-state index contributed by atoms with van der Waals surface area (Å²) in [5, 5.41) is 4.46. The fraction of sp³-hybridized carbons (Fsp3) is 0.217. The summed E-state index contributed by atoms with van der Waals surface area (Å²) in [5.41, 5.74) is 1.97. The van der Waals surface area contributed by atoms with E-state index in [9.17, 15) is 18.0 Å². The lowest BCUT2D eigenvalue weighted by atomic mass is 10.1. The molecule has 34 heavy (non-hydrogen) atoms. The number of nitrogens with zero attached hydrogens (tertiary/aromatic N) is 5. The molecule has 0 aliphatic rings. The normalized spacial score (nSPS) is 11.5. The number of hydrogen-bond donors (Lipinski definition) is 0. The van der Waals surface area contributed by atoms with Crippen LogP contribution in [0.5, 0.6) is 5.75 Å². The molecule has 0 aliphatic heterocycles. The number of hydrogen-bond acceptors (Lipinski definition) is 6. The number of aryl methyl sites for hydroxylation is 1. The first-order valence-electron chi connectivity index (χ1n) is 10.1. The van der Waals surface area contributed by atoms with Crippen molar-refractivity contribution in [3.05, 3.63) is 71.7 Å². The molecule has 176 valence electrons. The summed E-state index contributed by atoms with van der Waals surface area (Å²) in [5.74, 6) is 0.974. The van der Waals surface area contributed by atoms with Gasteiger partial charge in [0.2, 0.25) is 5.82 Å². The molecule has 0 aliphatic carbocycles. The SMILES string of the molecule is Cc1nc(-c2ncc(-c3ccc(OC(F)(F)F)cc3)o2)nn1Cc1cccc(C(=O)N(C)C)c1. The monoisotopic (exact) mass is 471 g/mol. The predicted octanol–water partition coefficient (Wildman–Crippen LogP) is 4.56. The predicted molar refractivity (Wildman–Crippen MR) is 116 cm³/mol. The van der Waals surface area contributed by atoms with E-state index in [1.807, 2.05) is 12.1 Å². The highest BCUT2D eigenvalue weighted by atomic mass is 19.4. The van der Waals surface area contributed by atoms with Crippen molar-refractivity contribution >= 4 is 5.91 Å². The Morgan fingerprint density at radius 2 is 1.88 bits per heavy atom. The van der Waals surface area contributed by atoms with Gasteiger partial charge in [0.25, 0.3) is 11.8 Å². The number of aromatic nitrogens is 4. The first-order valence-corrected chi connectivity index (χ1v) is 10.1. The number of halogens is 3. The maximum atomic E-state index is 12.3. The van der Waals surface area contributed by atoms with Gasteiger partial charge in [-0.05, 0) is 48.9 Å². The van der Waals surface area contributed by atoms with Crippen LogP contribution in [0.25, 0.3) is 23.0 Å². The number of carbonyl (C=O) groups excluding carboxylic acids is 1.